The van der Waals surface area contributed by atoms with Gasteiger partial charge in [-0.25, -0.2) is 0 Å². The number of rotatable bonds is 4. The van der Waals surface area contributed by atoms with Gasteiger partial charge in [-0.2, -0.15) is 0 Å². The third kappa shape index (κ3) is 3.31. The summed E-state index contributed by atoms with van der Waals surface area (Å²) >= 11 is 1.69. The first-order valence-corrected chi connectivity index (χ1v) is 8.39. The molecule has 0 aliphatic rings. The van der Waals surface area contributed by atoms with Gasteiger partial charge in [0.05, 0.1) is 6.42 Å². The third-order valence-corrected chi connectivity index (χ3v) is 4.35. The Morgan fingerprint density at radius 2 is 1.68 bits per heavy atom. The quantitative estimate of drug-likeness (QED) is 0.705. The number of benzene rings is 3. The van der Waals surface area contributed by atoms with Crippen LogP contribution in [0.15, 0.2) is 71.6 Å². The van der Waals surface area contributed by atoms with Crippen LogP contribution in [0.2, 0.25) is 0 Å². The summed E-state index contributed by atoms with van der Waals surface area (Å²) in [5.74, 6) is 0.00764. The van der Waals surface area contributed by atoms with E-state index in [1.54, 1.807) is 11.8 Å². The van der Waals surface area contributed by atoms with E-state index in [1.165, 1.54) is 4.90 Å². The Bertz CT molecular complexity index is 791. The molecular formula is C19H17NOS. The van der Waals surface area contributed by atoms with Crippen molar-refractivity contribution in [3.63, 3.8) is 0 Å². The molecule has 0 atom stereocenters. The molecule has 0 unspecified atom stereocenters. The van der Waals surface area contributed by atoms with Crippen molar-refractivity contribution < 1.29 is 4.79 Å². The monoisotopic (exact) mass is 307 g/mol. The topological polar surface area (TPSA) is 29.1 Å². The van der Waals surface area contributed by atoms with Gasteiger partial charge in [-0.05, 0) is 46.9 Å². The van der Waals surface area contributed by atoms with Crippen LogP contribution in [0.25, 0.3) is 10.8 Å². The molecule has 0 saturated carbocycles. The van der Waals surface area contributed by atoms with Crippen LogP contribution in [0.1, 0.15) is 5.56 Å². The molecule has 0 bridgehead atoms. The minimum Gasteiger partial charge on any atom is -0.326 e. The van der Waals surface area contributed by atoms with E-state index in [-0.39, 0.29) is 5.91 Å². The number of fused-ring (bicyclic) bond motifs is 1. The van der Waals surface area contributed by atoms with Crippen LogP contribution in [-0.4, -0.2) is 12.2 Å². The Kier molecular flexibility index (Phi) is 4.45. The number of hydrogen-bond donors (Lipinski definition) is 1. The van der Waals surface area contributed by atoms with Gasteiger partial charge < -0.3 is 5.32 Å². The van der Waals surface area contributed by atoms with Crippen molar-refractivity contribution in [1.29, 1.82) is 0 Å². The highest BCUT2D eigenvalue weighted by atomic mass is 32.2. The van der Waals surface area contributed by atoms with E-state index in [2.05, 4.69) is 23.5 Å². The first-order valence-electron chi connectivity index (χ1n) is 7.17. The van der Waals surface area contributed by atoms with Crippen molar-refractivity contribution in [3.05, 3.63) is 72.3 Å². The fourth-order valence-corrected chi connectivity index (χ4v) is 2.91. The molecule has 0 aromatic heterocycles. The molecule has 0 aliphatic carbocycles. The van der Waals surface area contributed by atoms with Crippen LogP contribution < -0.4 is 5.32 Å². The van der Waals surface area contributed by atoms with Gasteiger partial charge in [-0.1, -0.05) is 42.5 Å². The largest absolute Gasteiger partial charge is 0.326 e. The lowest BCUT2D eigenvalue weighted by molar-refractivity contribution is -0.115. The predicted molar refractivity (Wildman–Crippen MR) is 94.5 cm³/mol. The molecule has 0 fully saturated rings. The first-order chi connectivity index (χ1) is 10.8. The molecule has 0 heterocycles. The molecule has 22 heavy (non-hydrogen) atoms. The summed E-state index contributed by atoms with van der Waals surface area (Å²) < 4.78 is 0. The van der Waals surface area contributed by atoms with Gasteiger partial charge in [0.1, 0.15) is 0 Å². The number of thioether (sulfide) groups is 1. The van der Waals surface area contributed by atoms with Crippen LogP contribution in [0, 0.1) is 0 Å². The van der Waals surface area contributed by atoms with Gasteiger partial charge in [-0.15, -0.1) is 11.8 Å². The third-order valence-electron chi connectivity index (χ3n) is 3.60. The molecule has 3 aromatic rings. The van der Waals surface area contributed by atoms with Crippen LogP contribution in [-0.2, 0) is 11.2 Å². The van der Waals surface area contributed by atoms with Crippen LogP contribution in [0.5, 0.6) is 0 Å². The van der Waals surface area contributed by atoms with Crippen LogP contribution >= 0.6 is 11.8 Å². The molecule has 0 spiro atoms. The summed E-state index contributed by atoms with van der Waals surface area (Å²) in [7, 11) is 0. The summed E-state index contributed by atoms with van der Waals surface area (Å²) in [4.78, 5) is 13.5. The van der Waals surface area contributed by atoms with E-state index in [4.69, 9.17) is 0 Å². The SMILES string of the molecule is CSc1ccc(NC(=O)Cc2cccc3ccccc23)cc1. The maximum Gasteiger partial charge on any atom is 0.228 e. The maximum atomic E-state index is 12.3. The average molecular weight is 307 g/mol. The van der Waals surface area contributed by atoms with Crippen molar-refractivity contribution in [2.24, 2.45) is 0 Å². The van der Waals surface area contributed by atoms with Gasteiger partial charge in [0.25, 0.3) is 0 Å². The summed E-state index contributed by atoms with van der Waals surface area (Å²) in [5, 5.41) is 5.26. The Hall–Kier alpha value is -2.26. The molecule has 3 aromatic carbocycles. The van der Waals surface area contributed by atoms with E-state index < -0.39 is 0 Å². The normalized spacial score (nSPS) is 10.6. The molecule has 110 valence electrons. The molecule has 0 radical (unpaired) electrons. The number of anilines is 1. The second kappa shape index (κ2) is 6.67. The highest BCUT2D eigenvalue weighted by Gasteiger charge is 2.07. The van der Waals surface area contributed by atoms with Crippen LogP contribution in [0.4, 0.5) is 5.69 Å². The van der Waals surface area contributed by atoms with Gasteiger partial charge in [0.2, 0.25) is 5.91 Å². The summed E-state index contributed by atoms with van der Waals surface area (Å²) in [6, 6.07) is 22.1. The molecule has 2 nitrogen and oxygen atoms in total. The lowest BCUT2D eigenvalue weighted by Gasteiger charge is -2.08. The van der Waals surface area contributed by atoms with Crippen molar-refractivity contribution in [3.8, 4) is 0 Å². The summed E-state index contributed by atoms with van der Waals surface area (Å²) in [5.41, 5.74) is 1.89. The predicted octanol–water partition coefficient (Wildman–Crippen LogP) is 4.74. The molecule has 3 heteroatoms. The molecule has 1 amide bonds. The second-order valence-corrected chi connectivity index (χ2v) is 5.97. The number of carbonyl (C=O) groups is 1. The second-order valence-electron chi connectivity index (χ2n) is 5.09. The van der Waals surface area contributed by atoms with Crippen LogP contribution in [0.3, 0.4) is 0 Å². The van der Waals surface area contributed by atoms with Gasteiger partial charge >= 0.3 is 0 Å². The van der Waals surface area contributed by atoms with Gasteiger partial charge in [0, 0.05) is 10.6 Å². The number of hydrogen-bond acceptors (Lipinski definition) is 2. The molecular weight excluding hydrogens is 290 g/mol. The Labute approximate surface area is 134 Å². The Morgan fingerprint density at radius 3 is 2.45 bits per heavy atom. The minimum atomic E-state index is 0.00764. The zero-order valence-corrected chi connectivity index (χ0v) is 13.2. The molecule has 0 aliphatic heterocycles. The summed E-state index contributed by atoms with van der Waals surface area (Å²) in [6.45, 7) is 0. The standard InChI is InChI=1S/C19H17NOS/c1-22-17-11-9-16(10-12-17)20-19(21)13-15-7-4-6-14-5-2-3-8-18(14)15/h2-12H,13H2,1H3,(H,20,21). The van der Waals surface area contributed by atoms with Crippen molar-refractivity contribution in [2.45, 2.75) is 11.3 Å². The van der Waals surface area contributed by atoms with Crippen molar-refractivity contribution in [1.82, 2.24) is 0 Å². The first kappa shape index (κ1) is 14.7. The van der Waals surface area contributed by atoms with E-state index >= 15 is 0 Å². The van der Waals surface area contributed by atoms with E-state index in [1.807, 2.05) is 54.8 Å². The van der Waals surface area contributed by atoms with E-state index in [0.29, 0.717) is 6.42 Å². The highest BCUT2D eigenvalue weighted by Crippen LogP contribution is 2.20. The zero-order chi connectivity index (χ0) is 15.4. The minimum absolute atomic E-state index is 0.00764. The fourth-order valence-electron chi connectivity index (χ4n) is 2.50. The van der Waals surface area contributed by atoms with E-state index in [0.717, 1.165) is 22.0 Å². The number of nitrogens with one attached hydrogen (secondary N) is 1. The molecule has 1 N–H and O–H groups in total. The lowest BCUT2D eigenvalue weighted by atomic mass is 10.0. The average Bonchev–Trinajstić information content (AvgIpc) is 2.56. The number of amides is 1. The van der Waals surface area contributed by atoms with Crippen molar-refractivity contribution in [2.75, 3.05) is 11.6 Å². The zero-order valence-electron chi connectivity index (χ0n) is 12.4. The molecule has 3 rings (SSSR count). The highest BCUT2D eigenvalue weighted by molar-refractivity contribution is 7.98. The number of carbonyl (C=O) groups excluding carboxylic acids is 1. The fraction of sp³-hybridized carbons (Fsp3) is 0.105. The van der Waals surface area contributed by atoms with Gasteiger partial charge in [0.15, 0.2) is 0 Å². The molecule has 0 saturated heterocycles. The maximum absolute atomic E-state index is 12.3. The lowest BCUT2D eigenvalue weighted by Crippen LogP contribution is -2.14. The van der Waals surface area contributed by atoms with E-state index in [9.17, 15) is 4.79 Å². The van der Waals surface area contributed by atoms with Crippen molar-refractivity contribution >= 4 is 34.1 Å². The Balaban J connectivity index is 1.75. The Morgan fingerprint density at radius 1 is 0.955 bits per heavy atom. The summed E-state index contributed by atoms with van der Waals surface area (Å²) in [6.07, 6.45) is 2.42. The van der Waals surface area contributed by atoms with Gasteiger partial charge in [-0.3, -0.25) is 4.79 Å². The smallest absolute Gasteiger partial charge is 0.228 e.